The first-order chi connectivity index (χ1) is 14.8. The second kappa shape index (κ2) is 8.29. The number of halogens is 1. The first-order valence-corrected chi connectivity index (χ1v) is 9.91. The molecule has 1 aliphatic heterocycles. The highest BCUT2D eigenvalue weighted by Gasteiger charge is 2.31. The Morgan fingerprint density at radius 2 is 2.10 bits per heavy atom. The van der Waals surface area contributed by atoms with Crippen LogP contribution in [0.25, 0.3) is 11.0 Å². The van der Waals surface area contributed by atoms with Crippen LogP contribution in [0.4, 0.5) is 20.7 Å². The lowest BCUT2D eigenvalue weighted by molar-refractivity contribution is 0.0275. The van der Waals surface area contributed by atoms with E-state index < -0.39 is 11.4 Å². The summed E-state index contributed by atoms with van der Waals surface area (Å²) in [5.41, 5.74) is 0.982. The SMILES string of the molecule is CC(C)(C)OC(=O)N1CC[C@H](Oc2ccc3ncnc(Nc4cncc(F)c4)c3n2)C1. The normalized spacial score (nSPS) is 16.4. The molecule has 0 saturated carbocycles. The van der Waals surface area contributed by atoms with Gasteiger partial charge in [0.05, 0.1) is 30.1 Å². The minimum atomic E-state index is -0.545. The number of ether oxygens (including phenoxy) is 2. The van der Waals surface area contributed by atoms with E-state index in [0.29, 0.717) is 47.9 Å². The van der Waals surface area contributed by atoms with Gasteiger partial charge in [0.15, 0.2) is 5.82 Å². The molecule has 0 bridgehead atoms. The molecule has 4 rings (SSSR count). The highest BCUT2D eigenvalue weighted by molar-refractivity contribution is 5.87. The van der Waals surface area contributed by atoms with E-state index in [4.69, 9.17) is 9.47 Å². The van der Waals surface area contributed by atoms with Gasteiger partial charge in [-0.05, 0) is 26.8 Å². The van der Waals surface area contributed by atoms with Gasteiger partial charge in [0, 0.05) is 25.1 Å². The van der Waals surface area contributed by atoms with E-state index in [9.17, 15) is 9.18 Å². The van der Waals surface area contributed by atoms with E-state index in [0.717, 1.165) is 6.20 Å². The molecule has 1 N–H and O–H groups in total. The third-order valence-corrected chi connectivity index (χ3v) is 4.51. The van der Waals surface area contributed by atoms with E-state index in [1.807, 2.05) is 20.8 Å². The topological polar surface area (TPSA) is 102 Å². The molecular formula is C21H23FN6O3. The van der Waals surface area contributed by atoms with Crippen LogP contribution in [0.5, 0.6) is 5.88 Å². The number of nitrogens with one attached hydrogen (secondary N) is 1. The van der Waals surface area contributed by atoms with Crippen molar-refractivity contribution in [2.45, 2.75) is 38.9 Å². The largest absolute Gasteiger partial charge is 0.472 e. The number of aromatic nitrogens is 4. The Labute approximate surface area is 178 Å². The zero-order valence-electron chi connectivity index (χ0n) is 17.5. The standard InChI is InChI=1S/C21H23FN6O3/c1-21(2,3)31-20(29)28-7-6-15(11-28)30-17-5-4-16-18(27-17)19(25-12-24-16)26-14-8-13(22)9-23-10-14/h4-5,8-10,12,15H,6-7,11H2,1-3H3,(H,24,25,26)/t15-/m0/s1. The van der Waals surface area contributed by atoms with Crippen LogP contribution in [0.3, 0.4) is 0 Å². The predicted octanol–water partition coefficient (Wildman–Crippen LogP) is 3.69. The average molecular weight is 426 g/mol. The number of rotatable bonds is 4. The number of hydrogen-bond donors (Lipinski definition) is 1. The molecule has 3 aromatic rings. The second-order valence-electron chi connectivity index (χ2n) is 8.21. The minimum absolute atomic E-state index is 0.203. The highest BCUT2D eigenvalue weighted by Crippen LogP contribution is 2.25. The molecule has 0 spiro atoms. The summed E-state index contributed by atoms with van der Waals surface area (Å²) in [4.78, 5) is 30.7. The molecule has 1 amide bonds. The third kappa shape index (κ3) is 5.14. The molecule has 31 heavy (non-hydrogen) atoms. The lowest BCUT2D eigenvalue weighted by Gasteiger charge is -2.24. The molecule has 10 heteroatoms. The van der Waals surface area contributed by atoms with E-state index in [1.165, 1.54) is 18.6 Å². The smallest absolute Gasteiger partial charge is 0.410 e. The fourth-order valence-electron chi connectivity index (χ4n) is 3.18. The zero-order chi connectivity index (χ0) is 22.0. The van der Waals surface area contributed by atoms with Crippen molar-refractivity contribution in [2.75, 3.05) is 18.4 Å². The fraction of sp³-hybridized carbons (Fsp3) is 0.381. The van der Waals surface area contributed by atoms with Gasteiger partial charge >= 0.3 is 6.09 Å². The van der Waals surface area contributed by atoms with Crippen molar-refractivity contribution in [3.8, 4) is 5.88 Å². The van der Waals surface area contributed by atoms with Crippen molar-refractivity contribution >= 4 is 28.6 Å². The van der Waals surface area contributed by atoms with Gasteiger partial charge in [-0.3, -0.25) is 4.98 Å². The minimum Gasteiger partial charge on any atom is -0.472 e. The van der Waals surface area contributed by atoms with Gasteiger partial charge in [0.2, 0.25) is 5.88 Å². The predicted molar refractivity (Wildman–Crippen MR) is 112 cm³/mol. The van der Waals surface area contributed by atoms with Crippen LogP contribution in [0.2, 0.25) is 0 Å². The number of nitrogens with zero attached hydrogens (tertiary/aromatic N) is 5. The van der Waals surface area contributed by atoms with Crippen LogP contribution in [0.15, 0.2) is 36.9 Å². The number of pyridine rings is 2. The maximum absolute atomic E-state index is 13.4. The summed E-state index contributed by atoms with van der Waals surface area (Å²) >= 11 is 0. The Balaban J connectivity index is 1.49. The maximum atomic E-state index is 13.4. The van der Waals surface area contributed by atoms with Gasteiger partial charge < -0.3 is 19.7 Å². The van der Waals surface area contributed by atoms with E-state index in [1.54, 1.807) is 17.0 Å². The maximum Gasteiger partial charge on any atom is 0.410 e. The van der Waals surface area contributed by atoms with Crippen LogP contribution in [0, 0.1) is 5.82 Å². The van der Waals surface area contributed by atoms with Gasteiger partial charge in [-0.2, -0.15) is 0 Å². The number of likely N-dealkylation sites (tertiary alicyclic amines) is 1. The molecule has 1 atom stereocenters. The third-order valence-electron chi connectivity index (χ3n) is 4.51. The molecule has 1 fully saturated rings. The van der Waals surface area contributed by atoms with Gasteiger partial charge in [-0.25, -0.2) is 24.1 Å². The second-order valence-corrected chi connectivity index (χ2v) is 8.21. The lowest BCUT2D eigenvalue weighted by atomic mass is 10.2. The van der Waals surface area contributed by atoms with Crippen LogP contribution < -0.4 is 10.1 Å². The highest BCUT2D eigenvalue weighted by atomic mass is 19.1. The summed E-state index contributed by atoms with van der Waals surface area (Å²) in [5, 5.41) is 3.01. The first-order valence-electron chi connectivity index (χ1n) is 9.91. The molecule has 3 aromatic heterocycles. The molecular weight excluding hydrogens is 403 g/mol. The molecule has 0 aliphatic carbocycles. The summed E-state index contributed by atoms with van der Waals surface area (Å²) in [7, 11) is 0. The van der Waals surface area contributed by atoms with Gasteiger partial charge in [0.25, 0.3) is 0 Å². The summed E-state index contributed by atoms with van der Waals surface area (Å²) in [6.45, 7) is 6.47. The van der Waals surface area contributed by atoms with Gasteiger partial charge in [0.1, 0.15) is 29.4 Å². The Morgan fingerprint density at radius 3 is 2.87 bits per heavy atom. The van der Waals surface area contributed by atoms with Crippen LogP contribution in [-0.2, 0) is 4.74 Å². The van der Waals surface area contributed by atoms with Gasteiger partial charge in [-0.15, -0.1) is 0 Å². The van der Waals surface area contributed by atoms with E-state index in [-0.39, 0.29) is 12.2 Å². The fourth-order valence-corrected chi connectivity index (χ4v) is 3.18. The molecule has 1 aliphatic rings. The first kappa shape index (κ1) is 20.7. The summed E-state index contributed by atoms with van der Waals surface area (Å²) in [6, 6.07) is 4.80. The summed E-state index contributed by atoms with van der Waals surface area (Å²) in [5.74, 6) is 0.333. The molecule has 0 aromatic carbocycles. The van der Waals surface area contributed by atoms with Crippen LogP contribution in [-0.4, -0.2) is 55.7 Å². The molecule has 0 unspecified atom stereocenters. The Kier molecular flexibility index (Phi) is 5.53. The molecule has 162 valence electrons. The van der Waals surface area contributed by atoms with Crippen LogP contribution >= 0.6 is 0 Å². The number of carbonyl (C=O) groups excluding carboxylic acids is 1. The van der Waals surface area contributed by atoms with Gasteiger partial charge in [-0.1, -0.05) is 0 Å². The quantitative estimate of drug-likeness (QED) is 0.674. The zero-order valence-corrected chi connectivity index (χ0v) is 17.5. The average Bonchev–Trinajstić information content (AvgIpc) is 3.16. The number of fused-ring (bicyclic) bond motifs is 1. The van der Waals surface area contributed by atoms with Crippen molar-refractivity contribution in [1.82, 2.24) is 24.8 Å². The van der Waals surface area contributed by atoms with Crippen LogP contribution in [0.1, 0.15) is 27.2 Å². The molecule has 9 nitrogen and oxygen atoms in total. The number of hydrogen-bond acceptors (Lipinski definition) is 8. The number of amides is 1. The van der Waals surface area contributed by atoms with Crippen molar-refractivity contribution in [3.63, 3.8) is 0 Å². The molecule has 4 heterocycles. The Hall–Kier alpha value is -3.56. The van der Waals surface area contributed by atoms with E-state index >= 15 is 0 Å². The lowest BCUT2D eigenvalue weighted by Crippen LogP contribution is -2.36. The number of carbonyl (C=O) groups is 1. The van der Waals surface area contributed by atoms with Crippen molar-refractivity contribution in [3.05, 3.63) is 42.7 Å². The van der Waals surface area contributed by atoms with Crippen molar-refractivity contribution in [1.29, 1.82) is 0 Å². The van der Waals surface area contributed by atoms with E-state index in [2.05, 4.69) is 25.3 Å². The summed E-state index contributed by atoms with van der Waals surface area (Å²) in [6.07, 6.45) is 4.12. The number of anilines is 2. The molecule has 1 saturated heterocycles. The Morgan fingerprint density at radius 1 is 1.26 bits per heavy atom. The molecule has 0 radical (unpaired) electrons. The monoisotopic (exact) mass is 426 g/mol. The van der Waals surface area contributed by atoms with Crippen molar-refractivity contribution < 1.29 is 18.7 Å². The Bertz CT molecular complexity index is 1100. The van der Waals surface area contributed by atoms with Crippen molar-refractivity contribution in [2.24, 2.45) is 0 Å². The summed E-state index contributed by atoms with van der Waals surface area (Å²) < 4.78 is 24.9.